The summed E-state index contributed by atoms with van der Waals surface area (Å²) in [7, 11) is 0. The van der Waals surface area contributed by atoms with Crippen LogP contribution in [0.5, 0.6) is 0 Å². The van der Waals surface area contributed by atoms with Crippen LogP contribution in [-0.4, -0.2) is 17.6 Å². The molecule has 0 saturated carbocycles. The number of carbonyl (C=O) groups excluding carboxylic acids is 1. The van der Waals surface area contributed by atoms with E-state index < -0.39 is 29.4 Å². The minimum absolute atomic E-state index is 0.0449. The van der Waals surface area contributed by atoms with Crippen molar-refractivity contribution in [3.05, 3.63) is 29.3 Å². The summed E-state index contributed by atoms with van der Waals surface area (Å²) in [5.41, 5.74) is 3.99. The number of nitrogens with two attached hydrogens (primary N) is 1. The van der Waals surface area contributed by atoms with Gasteiger partial charge in [-0.2, -0.15) is 13.2 Å². The Kier molecular flexibility index (Phi) is 5.52. The van der Waals surface area contributed by atoms with Crippen LogP contribution >= 0.6 is 0 Å². The zero-order chi connectivity index (χ0) is 15.3. The number of hydrogen-bond acceptors (Lipinski definition) is 3. The SMILES string of the molecule is CC(=O)Nc1c(C(O)CCCN)cccc1C(F)(F)F. The van der Waals surface area contributed by atoms with Crippen LogP contribution in [0.1, 0.15) is 37.0 Å². The molecule has 0 aliphatic carbocycles. The summed E-state index contributed by atoms with van der Waals surface area (Å²) in [6.45, 7) is 1.44. The molecule has 1 amide bonds. The van der Waals surface area contributed by atoms with Gasteiger partial charge in [0.1, 0.15) is 0 Å². The average molecular weight is 290 g/mol. The second-order valence-corrected chi connectivity index (χ2v) is 4.40. The molecule has 4 N–H and O–H groups in total. The lowest BCUT2D eigenvalue weighted by molar-refractivity contribution is -0.137. The molecule has 1 aromatic rings. The highest BCUT2D eigenvalue weighted by molar-refractivity contribution is 5.90. The van der Waals surface area contributed by atoms with E-state index in [0.717, 1.165) is 13.0 Å². The predicted molar refractivity (Wildman–Crippen MR) is 69.0 cm³/mol. The highest BCUT2D eigenvalue weighted by Crippen LogP contribution is 2.39. The third kappa shape index (κ3) is 4.21. The van der Waals surface area contributed by atoms with E-state index in [1.807, 2.05) is 0 Å². The van der Waals surface area contributed by atoms with Gasteiger partial charge in [0.2, 0.25) is 5.91 Å². The molecule has 0 spiro atoms. The van der Waals surface area contributed by atoms with Crippen LogP contribution in [-0.2, 0) is 11.0 Å². The number of nitrogens with one attached hydrogen (secondary N) is 1. The minimum Gasteiger partial charge on any atom is -0.388 e. The maximum absolute atomic E-state index is 12.9. The molecule has 0 heterocycles. The van der Waals surface area contributed by atoms with Gasteiger partial charge in [-0.25, -0.2) is 0 Å². The first-order valence-corrected chi connectivity index (χ1v) is 6.13. The Morgan fingerprint density at radius 2 is 2.10 bits per heavy atom. The lowest BCUT2D eigenvalue weighted by atomic mass is 9.99. The molecular weight excluding hydrogens is 273 g/mol. The monoisotopic (exact) mass is 290 g/mol. The Labute approximate surface area is 114 Å². The number of benzene rings is 1. The van der Waals surface area contributed by atoms with Crippen molar-refractivity contribution in [1.82, 2.24) is 0 Å². The van der Waals surface area contributed by atoms with Gasteiger partial charge in [0.15, 0.2) is 0 Å². The molecule has 0 bridgehead atoms. The summed E-state index contributed by atoms with van der Waals surface area (Å²) >= 11 is 0. The van der Waals surface area contributed by atoms with Crippen molar-refractivity contribution < 1.29 is 23.1 Å². The van der Waals surface area contributed by atoms with E-state index in [4.69, 9.17) is 5.73 Å². The lowest BCUT2D eigenvalue weighted by Crippen LogP contribution is -2.17. The van der Waals surface area contributed by atoms with Crippen LogP contribution in [0.4, 0.5) is 18.9 Å². The highest BCUT2D eigenvalue weighted by atomic mass is 19.4. The molecule has 20 heavy (non-hydrogen) atoms. The van der Waals surface area contributed by atoms with Crippen LogP contribution in [0.2, 0.25) is 0 Å². The van der Waals surface area contributed by atoms with Crippen molar-refractivity contribution in [2.45, 2.75) is 32.0 Å². The minimum atomic E-state index is -4.61. The van der Waals surface area contributed by atoms with E-state index in [2.05, 4.69) is 5.32 Å². The van der Waals surface area contributed by atoms with Gasteiger partial charge in [0.25, 0.3) is 0 Å². The standard InChI is InChI=1S/C13H17F3N2O2/c1-8(19)18-12-9(11(20)6-3-7-17)4-2-5-10(12)13(14,15)16/h2,4-5,11,20H,3,6-7,17H2,1H3,(H,18,19). The average Bonchev–Trinajstić information content (AvgIpc) is 2.34. The van der Waals surface area contributed by atoms with E-state index in [-0.39, 0.29) is 12.0 Å². The number of halogens is 3. The molecule has 1 rings (SSSR count). The quantitative estimate of drug-likeness (QED) is 0.779. The fourth-order valence-electron chi connectivity index (χ4n) is 1.87. The molecule has 112 valence electrons. The Balaban J connectivity index is 3.25. The summed E-state index contributed by atoms with van der Waals surface area (Å²) in [6, 6.07) is 3.43. The summed E-state index contributed by atoms with van der Waals surface area (Å²) in [5, 5.41) is 12.1. The second kappa shape index (κ2) is 6.71. The molecule has 1 atom stereocenters. The third-order valence-corrected chi connectivity index (χ3v) is 2.74. The highest BCUT2D eigenvalue weighted by Gasteiger charge is 2.35. The van der Waals surface area contributed by atoms with Crippen molar-refractivity contribution in [1.29, 1.82) is 0 Å². The fourth-order valence-corrected chi connectivity index (χ4v) is 1.87. The van der Waals surface area contributed by atoms with Crippen molar-refractivity contribution in [2.75, 3.05) is 11.9 Å². The molecular formula is C13H17F3N2O2. The van der Waals surface area contributed by atoms with Crippen LogP contribution < -0.4 is 11.1 Å². The van der Waals surface area contributed by atoms with Crippen LogP contribution in [0.25, 0.3) is 0 Å². The van der Waals surface area contributed by atoms with Gasteiger partial charge in [0, 0.05) is 12.5 Å². The van der Waals surface area contributed by atoms with E-state index in [9.17, 15) is 23.1 Å². The number of carbonyl (C=O) groups is 1. The van der Waals surface area contributed by atoms with Gasteiger partial charge >= 0.3 is 6.18 Å². The number of hydrogen-bond donors (Lipinski definition) is 3. The normalized spacial score (nSPS) is 13.1. The Bertz CT molecular complexity index is 475. The molecule has 0 saturated heterocycles. The summed E-state index contributed by atoms with van der Waals surface area (Å²) in [4.78, 5) is 11.1. The molecule has 1 aromatic carbocycles. The molecule has 0 aromatic heterocycles. The van der Waals surface area contributed by atoms with Gasteiger partial charge in [-0.05, 0) is 25.5 Å². The van der Waals surface area contributed by atoms with Crippen molar-refractivity contribution in [2.24, 2.45) is 5.73 Å². The maximum Gasteiger partial charge on any atom is 0.418 e. The number of amides is 1. The fraction of sp³-hybridized carbons (Fsp3) is 0.462. The Hall–Kier alpha value is -1.60. The molecule has 4 nitrogen and oxygen atoms in total. The number of aliphatic hydroxyl groups is 1. The predicted octanol–water partition coefficient (Wildman–Crippen LogP) is 2.44. The number of rotatable bonds is 5. The molecule has 0 radical (unpaired) electrons. The van der Waals surface area contributed by atoms with Crippen LogP contribution in [0.3, 0.4) is 0 Å². The van der Waals surface area contributed by atoms with Crippen LogP contribution in [0, 0.1) is 0 Å². The molecule has 0 aliphatic heterocycles. The second-order valence-electron chi connectivity index (χ2n) is 4.40. The van der Waals surface area contributed by atoms with Gasteiger partial charge < -0.3 is 16.2 Å². The van der Waals surface area contributed by atoms with Crippen molar-refractivity contribution in [3.8, 4) is 0 Å². The smallest absolute Gasteiger partial charge is 0.388 e. The molecule has 7 heteroatoms. The number of aliphatic hydroxyl groups excluding tert-OH is 1. The van der Waals surface area contributed by atoms with Gasteiger partial charge in [-0.15, -0.1) is 0 Å². The number of alkyl halides is 3. The number of anilines is 1. The molecule has 1 unspecified atom stereocenters. The van der Waals surface area contributed by atoms with Gasteiger partial charge in [-0.1, -0.05) is 12.1 Å². The third-order valence-electron chi connectivity index (χ3n) is 2.74. The summed E-state index contributed by atoms with van der Waals surface area (Å²) in [6.07, 6.45) is -5.02. The first kappa shape index (κ1) is 16.5. The zero-order valence-electron chi connectivity index (χ0n) is 11.0. The van der Waals surface area contributed by atoms with Gasteiger partial charge in [-0.3, -0.25) is 4.79 Å². The zero-order valence-corrected chi connectivity index (χ0v) is 11.0. The Morgan fingerprint density at radius 3 is 2.60 bits per heavy atom. The Morgan fingerprint density at radius 1 is 1.45 bits per heavy atom. The first-order chi connectivity index (χ1) is 9.27. The molecule has 0 aliphatic rings. The van der Waals surface area contributed by atoms with Crippen molar-refractivity contribution >= 4 is 11.6 Å². The van der Waals surface area contributed by atoms with E-state index in [0.29, 0.717) is 13.0 Å². The van der Waals surface area contributed by atoms with E-state index >= 15 is 0 Å². The van der Waals surface area contributed by atoms with E-state index in [1.54, 1.807) is 0 Å². The largest absolute Gasteiger partial charge is 0.418 e. The van der Waals surface area contributed by atoms with Gasteiger partial charge in [0.05, 0.1) is 17.4 Å². The first-order valence-electron chi connectivity index (χ1n) is 6.13. The maximum atomic E-state index is 12.9. The van der Waals surface area contributed by atoms with Crippen LogP contribution in [0.15, 0.2) is 18.2 Å². The topological polar surface area (TPSA) is 75.3 Å². The number of para-hydroxylation sites is 1. The molecule has 0 fully saturated rings. The van der Waals surface area contributed by atoms with Crippen molar-refractivity contribution in [3.63, 3.8) is 0 Å². The summed E-state index contributed by atoms with van der Waals surface area (Å²) in [5.74, 6) is -0.631. The summed E-state index contributed by atoms with van der Waals surface area (Å²) < 4.78 is 38.8. The lowest BCUT2D eigenvalue weighted by Gasteiger charge is -2.20. The van der Waals surface area contributed by atoms with E-state index in [1.165, 1.54) is 12.1 Å².